The standard InChI is InChI=1S/C12H16N2O3/c1-14(2)12(17)13-10(11(15)16)8-9-6-4-3-5-7-9/h3-7,10H,8H2,1-2H3,(H,13,17)(H,15,16)/t10-/m0/s1. The van der Waals surface area contributed by atoms with E-state index in [9.17, 15) is 9.59 Å². The summed E-state index contributed by atoms with van der Waals surface area (Å²) in [4.78, 5) is 23.7. The number of hydrogen-bond acceptors (Lipinski definition) is 2. The summed E-state index contributed by atoms with van der Waals surface area (Å²) in [5, 5.41) is 11.5. The number of carboxylic acid groups (broad SMARTS) is 1. The monoisotopic (exact) mass is 236 g/mol. The SMILES string of the molecule is CN(C)C(=O)N[C@@H](Cc1ccccc1)C(=O)O. The van der Waals surface area contributed by atoms with Gasteiger partial charge in [-0.2, -0.15) is 0 Å². The molecule has 1 rings (SSSR count). The Hall–Kier alpha value is -2.04. The molecule has 0 unspecified atom stereocenters. The minimum Gasteiger partial charge on any atom is -0.480 e. The Labute approximate surface area is 100 Å². The number of nitrogens with one attached hydrogen (secondary N) is 1. The third-order valence-electron chi connectivity index (χ3n) is 2.28. The molecule has 0 saturated heterocycles. The Kier molecular flexibility index (Phi) is 4.51. The molecule has 0 spiro atoms. The first-order chi connectivity index (χ1) is 8.00. The number of hydrogen-bond donors (Lipinski definition) is 2. The molecule has 0 aliphatic carbocycles. The maximum Gasteiger partial charge on any atom is 0.326 e. The second kappa shape index (κ2) is 5.89. The fraction of sp³-hybridized carbons (Fsp3) is 0.333. The molecule has 2 N–H and O–H groups in total. The van der Waals surface area contributed by atoms with E-state index in [0.29, 0.717) is 0 Å². The highest BCUT2D eigenvalue weighted by Gasteiger charge is 2.20. The van der Waals surface area contributed by atoms with E-state index in [4.69, 9.17) is 5.11 Å². The molecule has 1 atom stereocenters. The van der Waals surface area contributed by atoms with Crippen molar-refractivity contribution in [3.63, 3.8) is 0 Å². The number of rotatable bonds is 4. The van der Waals surface area contributed by atoms with Gasteiger partial charge in [-0.05, 0) is 5.56 Å². The second-order valence-electron chi connectivity index (χ2n) is 3.92. The van der Waals surface area contributed by atoms with Crippen LogP contribution in [0.25, 0.3) is 0 Å². The van der Waals surface area contributed by atoms with E-state index in [1.54, 1.807) is 14.1 Å². The predicted octanol–water partition coefficient (Wildman–Crippen LogP) is 0.954. The predicted molar refractivity (Wildman–Crippen MR) is 63.8 cm³/mol. The molecule has 0 saturated carbocycles. The lowest BCUT2D eigenvalue weighted by Crippen LogP contribution is -2.46. The summed E-state index contributed by atoms with van der Waals surface area (Å²) in [5.74, 6) is -1.04. The van der Waals surface area contributed by atoms with E-state index in [-0.39, 0.29) is 6.42 Å². The molecule has 0 aliphatic heterocycles. The fourth-order valence-electron chi connectivity index (χ4n) is 1.33. The largest absolute Gasteiger partial charge is 0.480 e. The van der Waals surface area contributed by atoms with Gasteiger partial charge in [-0.15, -0.1) is 0 Å². The highest BCUT2D eigenvalue weighted by Crippen LogP contribution is 2.03. The average molecular weight is 236 g/mol. The Balaban J connectivity index is 2.68. The Morgan fingerprint density at radius 2 is 1.88 bits per heavy atom. The van der Waals surface area contributed by atoms with Gasteiger partial charge in [-0.3, -0.25) is 0 Å². The first-order valence-electron chi connectivity index (χ1n) is 5.25. The molecule has 5 nitrogen and oxygen atoms in total. The molecule has 0 fully saturated rings. The molecular weight excluding hydrogens is 220 g/mol. The highest BCUT2D eigenvalue weighted by molar-refractivity contribution is 5.82. The summed E-state index contributed by atoms with van der Waals surface area (Å²) in [6, 6.07) is 7.87. The maximum atomic E-state index is 11.4. The molecule has 5 heteroatoms. The van der Waals surface area contributed by atoms with Crippen molar-refractivity contribution < 1.29 is 14.7 Å². The Morgan fingerprint density at radius 1 is 1.29 bits per heavy atom. The lowest BCUT2D eigenvalue weighted by atomic mass is 10.1. The van der Waals surface area contributed by atoms with Gasteiger partial charge in [0.25, 0.3) is 0 Å². The van der Waals surface area contributed by atoms with Crippen LogP contribution in [0.2, 0.25) is 0 Å². The van der Waals surface area contributed by atoms with Gasteiger partial charge in [0.15, 0.2) is 0 Å². The summed E-state index contributed by atoms with van der Waals surface area (Å²) in [5.41, 5.74) is 0.874. The van der Waals surface area contributed by atoms with Crippen molar-refractivity contribution in [2.24, 2.45) is 0 Å². The zero-order valence-corrected chi connectivity index (χ0v) is 9.88. The quantitative estimate of drug-likeness (QED) is 0.817. The van der Waals surface area contributed by atoms with E-state index in [2.05, 4.69) is 5.32 Å². The van der Waals surface area contributed by atoms with Crippen LogP contribution in [0.1, 0.15) is 5.56 Å². The number of carbonyl (C=O) groups excluding carboxylic acids is 1. The van der Waals surface area contributed by atoms with Crippen LogP contribution in [0.3, 0.4) is 0 Å². The molecule has 1 aromatic rings. The molecule has 0 bridgehead atoms. The summed E-state index contributed by atoms with van der Waals surface area (Å²) in [7, 11) is 3.13. The van der Waals surface area contributed by atoms with Crippen LogP contribution in [0, 0.1) is 0 Å². The van der Waals surface area contributed by atoms with Crippen LogP contribution in [-0.4, -0.2) is 42.1 Å². The summed E-state index contributed by atoms with van der Waals surface area (Å²) in [6.45, 7) is 0. The third kappa shape index (κ3) is 4.14. The minimum atomic E-state index is -1.04. The van der Waals surface area contributed by atoms with Crippen molar-refractivity contribution in [1.82, 2.24) is 10.2 Å². The summed E-state index contributed by atoms with van der Waals surface area (Å²) >= 11 is 0. The van der Waals surface area contributed by atoms with E-state index in [1.807, 2.05) is 30.3 Å². The topological polar surface area (TPSA) is 69.6 Å². The lowest BCUT2D eigenvalue weighted by Gasteiger charge is -2.18. The molecule has 92 valence electrons. The number of urea groups is 1. The van der Waals surface area contributed by atoms with Gasteiger partial charge >= 0.3 is 12.0 Å². The van der Waals surface area contributed by atoms with Crippen molar-refractivity contribution in [2.45, 2.75) is 12.5 Å². The second-order valence-corrected chi connectivity index (χ2v) is 3.92. The number of carboxylic acids is 1. The zero-order valence-electron chi connectivity index (χ0n) is 9.88. The first-order valence-corrected chi connectivity index (χ1v) is 5.25. The smallest absolute Gasteiger partial charge is 0.326 e. The third-order valence-corrected chi connectivity index (χ3v) is 2.28. The van der Waals surface area contributed by atoms with Crippen molar-refractivity contribution in [2.75, 3.05) is 14.1 Å². The molecule has 17 heavy (non-hydrogen) atoms. The average Bonchev–Trinajstić information content (AvgIpc) is 2.29. The normalized spacial score (nSPS) is 11.6. The van der Waals surface area contributed by atoms with Crippen LogP contribution in [0.15, 0.2) is 30.3 Å². The Bertz CT molecular complexity index is 390. The van der Waals surface area contributed by atoms with Crippen LogP contribution in [0.5, 0.6) is 0 Å². The Morgan fingerprint density at radius 3 is 2.35 bits per heavy atom. The van der Waals surface area contributed by atoms with Gasteiger partial charge in [-0.1, -0.05) is 30.3 Å². The van der Waals surface area contributed by atoms with Crippen molar-refractivity contribution in [1.29, 1.82) is 0 Å². The molecule has 0 heterocycles. The molecule has 0 aromatic heterocycles. The number of carbonyl (C=O) groups is 2. The van der Waals surface area contributed by atoms with Crippen LogP contribution < -0.4 is 5.32 Å². The van der Waals surface area contributed by atoms with Gasteiger partial charge in [0.1, 0.15) is 6.04 Å². The number of amides is 2. The maximum absolute atomic E-state index is 11.4. The zero-order chi connectivity index (χ0) is 12.8. The van der Waals surface area contributed by atoms with Crippen molar-refractivity contribution in [3.8, 4) is 0 Å². The van der Waals surface area contributed by atoms with Crippen molar-refractivity contribution >= 4 is 12.0 Å². The van der Waals surface area contributed by atoms with E-state index < -0.39 is 18.0 Å². The van der Waals surface area contributed by atoms with Gasteiger partial charge in [-0.25, -0.2) is 9.59 Å². The fourth-order valence-corrected chi connectivity index (χ4v) is 1.33. The minimum absolute atomic E-state index is 0.274. The van der Waals surface area contributed by atoms with E-state index in [1.165, 1.54) is 4.90 Å². The summed E-state index contributed by atoms with van der Waals surface area (Å²) < 4.78 is 0. The van der Waals surface area contributed by atoms with Crippen LogP contribution >= 0.6 is 0 Å². The number of benzene rings is 1. The van der Waals surface area contributed by atoms with E-state index >= 15 is 0 Å². The lowest BCUT2D eigenvalue weighted by molar-refractivity contribution is -0.139. The molecule has 2 amide bonds. The van der Waals surface area contributed by atoms with Crippen molar-refractivity contribution in [3.05, 3.63) is 35.9 Å². The summed E-state index contributed by atoms with van der Waals surface area (Å²) in [6.07, 6.45) is 0.274. The van der Waals surface area contributed by atoms with Gasteiger partial charge in [0, 0.05) is 20.5 Å². The molecule has 0 radical (unpaired) electrons. The molecule has 0 aliphatic rings. The molecule has 1 aromatic carbocycles. The van der Waals surface area contributed by atoms with Crippen LogP contribution in [0.4, 0.5) is 4.79 Å². The van der Waals surface area contributed by atoms with Gasteiger partial charge in [0.05, 0.1) is 0 Å². The first kappa shape index (κ1) is 13.0. The van der Waals surface area contributed by atoms with Crippen LogP contribution in [-0.2, 0) is 11.2 Å². The van der Waals surface area contributed by atoms with Gasteiger partial charge in [0.2, 0.25) is 0 Å². The molecular formula is C12H16N2O3. The number of nitrogens with zero attached hydrogens (tertiary/aromatic N) is 1. The van der Waals surface area contributed by atoms with E-state index in [0.717, 1.165) is 5.56 Å². The highest BCUT2D eigenvalue weighted by atomic mass is 16.4. The van der Waals surface area contributed by atoms with Gasteiger partial charge < -0.3 is 15.3 Å². The number of aliphatic carboxylic acids is 1.